The van der Waals surface area contributed by atoms with Gasteiger partial charge in [-0.3, -0.25) is 0 Å². The summed E-state index contributed by atoms with van der Waals surface area (Å²) in [5, 5.41) is 10.5. The van der Waals surface area contributed by atoms with E-state index in [1.807, 2.05) is 6.07 Å². The third-order valence-corrected chi connectivity index (χ3v) is 4.38. The van der Waals surface area contributed by atoms with Crippen LogP contribution in [0.15, 0.2) is 6.07 Å². The Balaban J connectivity index is 3.31. The zero-order chi connectivity index (χ0) is 16.4. The number of hydrogen-bond acceptors (Lipinski definition) is 2. The minimum Gasteiger partial charge on any atom is -0.508 e. The Kier molecular flexibility index (Phi) is 8.88. The first-order valence-corrected chi connectivity index (χ1v) is 8.98. The molecular weight excluding hydrogens is 272 g/mol. The van der Waals surface area contributed by atoms with Gasteiger partial charge in [0.05, 0.1) is 0 Å². The molecule has 0 aliphatic heterocycles. The molecule has 0 aliphatic rings. The number of phenols is 1. The van der Waals surface area contributed by atoms with Crippen molar-refractivity contribution in [3.05, 3.63) is 28.3 Å². The third-order valence-electron chi connectivity index (χ3n) is 4.38. The molecule has 0 saturated heterocycles. The van der Waals surface area contributed by atoms with Crippen molar-refractivity contribution in [3.63, 3.8) is 0 Å². The molecular formula is C20H32O2. The van der Waals surface area contributed by atoms with Crippen LogP contribution in [0.25, 0.3) is 0 Å². The van der Waals surface area contributed by atoms with Crippen LogP contribution in [0.3, 0.4) is 0 Å². The number of carbonyl (C=O) groups is 1. The van der Waals surface area contributed by atoms with E-state index in [4.69, 9.17) is 0 Å². The number of aromatic hydroxyl groups is 1. The first-order chi connectivity index (χ1) is 10.7. The van der Waals surface area contributed by atoms with Crippen LogP contribution in [0.1, 0.15) is 81.5 Å². The summed E-state index contributed by atoms with van der Waals surface area (Å²) in [7, 11) is 0. The first kappa shape index (κ1) is 18.7. The molecule has 0 aromatic heterocycles. The Morgan fingerprint density at radius 1 is 0.864 bits per heavy atom. The summed E-state index contributed by atoms with van der Waals surface area (Å²) in [4.78, 5) is 11.0. The van der Waals surface area contributed by atoms with Gasteiger partial charge in [0.15, 0.2) is 0 Å². The molecule has 1 aromatic rings. The highest BCUT2D eigenvalue weighted by Crippen LogP contribution is 2.32. The van der Waals surface area contributed by atoms with Gasteiger partial charge >= 0.3 is 0 Å². The highest BCUT2D eigenvalue weighted by atomic mass is 16.3. The van der Waals surface area contributed by atoms with Crippen LogP contribution in [0.5, 0.6) is 5.75 Å². The van der Waals surface area contributed by atoms with E-state index in [2.05, 4.69) is 20.8 Å². The van der Waals surface area contributed by atoms with Crippen molar-refractivity contribution in [1.29, 1.82) is 0 Å². The molecule has 0 unspecified atom stereocenters. The molecule has 0 saturated carbocycles. The van der Waals surface area contributed by atoms with E-state index < -0.39 is 0 Å². The minimum atomic E-state index is 0.400. The minimum absolute atomic E-state index is 0.400. The smallest absolute Gasteiger partial charge is 0.124 e. The van der Waals surface area contributed by atoms with E-state index in [0.717, 1.165) is 75.2 Å². The molecule has 0 heterocycles. The summed E-state index contributed by atoms with van der Waals surface area (Å²) in [6, 6.07) is 1.85. The Morgan fingerprint density at radius 2 is 1.36 bits per heavy atom. The van der Waals surface area contributed by atoms with Gasteiger partial charge in [0, 0.05) is 6.42 Å². The van der Waals surface area contributed by atoms with Crippen molar-refractivity contribution in [2.45, 2.75) is 85.0 Å². The van der Waals surface area contributed by atoms with Gasteiger partial charge in [0.1, 0.15) is 12.0 Å². The number of benzene rings is 1. The molecule has 124 valence electrons. The summed E-state index contributed by atoms with van der Waals surface area (Å²) in [6.07, 6.45) is 11.2. The fourth-order valence-corrected chi connectivity index (χ4v) is 3.09. The van der Waals surface area contributed by atoms with Crippen LogP contribution >= 0.6 is 0 Å². The van der Waals surface area contributed by atoms with Crippen LogP contribution in [0.4, 0.5) is 0 Å². The van der Waals surface area contributed by atoms with E-state index in [-0.39, 0.29) is 0 Å². The van der Waals surface area contributed by atoms with Crippen LogP contribution in [-0.4, -0.2) is 11.4 Å². The predicted octanol–water partition coefficient (Wildman–Crippen LogP) is 5.16. The third kappa shape index (κ3) is 5.15. The Morgan fingerprint density at radius 3 is 1.86 bits per heavy atom. The average molecular weight is 304 g/mol. The van der Waals surface area contributed by atoms with E-state index in [1.165, 1.54) is 11.1 Å². The highest BCUT2D eigenvalue weighted by molar-refractivity contribution is 5.60. The summed E-state index contributed by atoms with van der Waals surface area (Å²) in [6.45, 7) is 6.58. The van der Waals surface area contributed by atoms with Crippen LogP contribution in [0, 0.1) is 0 Å². The second kappa shape index (κ2) is 10.4. The first-order valence-electron chi connectivity index (χ1n) is 8.98. The van der Waals surface area contributed by atoms with Gasteiger partial charge in [0.25, 0.3) is 0 Å². The summed E-state index contributed by atoms with van der Waals surface area (Å²) < 4.78 is 0. The molecule has 0 bridgehead atoms. The van der Waals surface area contributed by atoms with E-state index in [9.17, 15) is 9.90 Å². The topological polar surface area (TPSA) is 37.3 Å². The number of hydrogen-bond donors (Lipinski definition) is 1. The lowest BCUT2D eigenvalue weighted by Crippen LogP contribution is -2.07. The normalized spacial score (nSPS) is 10.9. The van der Waals surface area contributed by atoms with Crippen molar-refractivity contribution in [2.75, 3.05) is 0 Å². The van der Waals surface area contributed by atoms with Gasteiger partial charge in [-0.15, -0.1) is 0 Å². The van der Waals surface area contributed by atoms with E-state index in [1.54, 1.807) is 0 Å². The van der Waals surface area contributed by atoms with Crippen LogP contribution in [-0.2, 0) is 30.5 Å². The summed E-state index contributed by atoms with van der Waals surface area (Å²) in [5.41, 5.74) is 4.84. The molecule has 2 nitrogen and oxygen atoms in total. The standard InChI is InChI=1S/C20H32O2/c1-4-7-10-17-16(13-14-21)15-20(22)19(12-9-6-3)18(17)11-8-5-2/h14-15,22H,4-13H2,1-3H3. The molecule has 0 fully saturated rings. The second-order valence-corrected chi connectivity index (χ2v) is 6.17. The molecule has 1 rings (SSSR count). The second-order valence-electron chi connectivity index (χ2n) is 6.17. The van der Waals surface area contributed by atoms with Crippen molar-refractivity contribution >= 4 is 6.29 Å². The zero-order valence-electron chi connectivity index (χ0n) is 14.6. The van der Waals surface area contributed by atoms with Crippen molar-refractivity contribution in [2.24, 2.45) is 0 Å². The van der Waals surface area contributed by atoms with Crippen molar-refractivity contribution < 1.29 is 9.90 Å². The predicted molar refractivity (Wildman–Crippen MR) is 93.7 cm³/mol. The van der Waals surface area contributed by atoms with E-state index >= 15 is 0 Å². The van der Waals surface area contributed by atoms with Gasteiger partial charge in [-0.25, -0.2) is 0 Å². The lowest BCUT2D eigenvalue weighted by atomic mass is 9.86. The molecule has 0 amide bonds. The van der Waals surface area contributed by atoms with Crippen LogP contribution in [0.2, 0.25) is 0 Å². The van der Waals surface area contributed by atoms with Gasteiger partial charge in [0.2, 0.25) is 0 Å². The largest absolute Gasteiger partial charge is 0.508 e. The maximum atomic E-state index is 11.0. The van der Waals surface area contributed by atoms with E-state index in [0.29, 0.717) is 12.2 Å². The van der Waals surface area contributed by atoms with Crippen molar-refractivity contribution in [1.82, 2.24) is 0 Å². The zero-order valence-corrected chi connectivity index (χ0v) is 14.6. The maximum absolute atomic E-state index is 11.0. The number of carbonyl (C=O) groups excluding carboxylic acids is 1. The number of phenolic OH excluding ortho intramolecular Hbond substituents is 1. The monoisotopic (exact) mass is 304 g/mol. The Bertz CT molecular complexity index is 463. The maximum Gasteiger partial charge on any atom is 0.124 e. The van der Waals surface area contributed by atoms with Crippen molar-refractivity contribution in [3.8, 4) is 5.75 Å². The number of rotatable bonds is 11. The highest BCUT2D eigenvalue weighted by Gasteiger charge is 2.16. The fourth-order valence-electron chi connectivity index (χ4n) is 3.09. The SMILES string of the molecule is CCCCc1c(O)cc(CC=O)c(CCCC)c1CCCC. The number of unbranched alkanes of at least 4 members (excludes halogenated alkanes) is 3. The quantitative estimate of drug-likeness (QED) is 0.573. The summed E-state index contributed by atoms with van der Waals surface area (Å²) >= 11 is 0. The molecule has 0 radical (unpaired) electrons. The van der Waals surface area contributed by atoms with Crippen LogP contribution < -0.4 is 0 Å². The van der Waals surface area contributed by atoms with Gasteiger partial charge in [-0.05, 0) is 66.8 Å². The molecule has 1 aromatic carbocycles. The fraction of sp³-hybridized carbons (Fsp3) is 0.650. The Labute approximate surface area is 135 Å². The number of aldehydes is 1. The Hall–Kier alpha value is -1.31. The molecule has 0 atom stereocenters. The average Bonchev–Trinajstić information content (AvgIpc) is 2.51. The lowest BCUT2D eigenvalue weighted by molar-refractivity contribution is -0.107. The molecule has 0 aliphatic carbocycles. The van der Waals surface area contributed by atoms with Gasteiger partial charge in [-0.2, -0.15) is 0 Å². The molecule has 0 spiro atoms. The lowest BCUT2D eigenvalue weighted by Gasteiger charge is -2.20. The van der Waals surface area contributed by atoms with Gasteiger partial charge in [-0.1, -0.05) is 40.0 Å². The van der Waals surface area contributed by atoms with Gasteiger partial charge < -0.3 is 9.90 Å². The molecule has 22 heavy (non-hydrogen) atoms. The molecule has 2 heteroatoms. The molecule has 1 N–H and O–H groups in total. The summed E-state index contributed by atoms with van der Waals surface area (Å²) in [5.74, 6) is 0.400.